The van der Waals surface area contributed by atoms with E-state index in [2.05, 4.69) is 10.1 Å². The Bertz CT molecular complexity index is 1060. The quantitative estimate of drug-likeness (QED) is 0.548. The van der Waals surface area contributed by atoms with Gasteiger partial charge in [-0.25, -0.2) is 4.79 Å². The monoisotopic (exact) mass is 396 g/mol. The van der Waals surface area contributed by atoms with Crippen LogP contribution in [0.4, 0.5) is 0 Å². The number of aromatic carboxylic acids is 1. The lowest BCUT2D eigenvalue weighted by molar-refractivity contribution is 0.0696. The molecule has 8 heteroatoms. The number of carboxylic acid groups (broad SMARTS) is 1. The number of carbonyl (C=O) groups excluding carboxylic acids is 1. The van der Waals surface area contributed by atoms with Crippen molar-refractivity contribution >= 4 is 11.8 Å². The van der Waals surface area contributed by atoms with Gasteiger partial charge in [-0.2, -0.15) is 4.98 Å². The maximum Gasteiger partial charge on any atom is 0.335 e. The molecule has 2 aromatic carbocycles. The molecule has 0 radical (unpaired) electrons. The summed E-state index contributed by atoms with van der Waals surface area (Å²) in [5.74, 6) is -0.446. The predicted octanol–water partition coefficient (Wildman–Crippen LogP) is 4.01. The van der Waals surface area contributed by atoms with Gasteiger partial charge < -0.3 is 19.5 Å². The van der Waals surface area contributed by atoms with Gasteiger partial charge in [0.2, 0.25) is 5.82 Å². The van der Waals surface area contributed by atoms with Crippen LogP contribution in [0.25, 0.3) is 11.4 Å². The summed E-state index contributed by atoms with van der Waals surface area (Å²) in [7, 11) is 0. The minimum Gasteiger partial charge on any atom is -0.507 e. The van der Waals surface area contributed by atoms with E-state index >= 15 is 0 Å². The van der Waals surface area contributed by atoms with E-state index in [1.807, 2.05) is 6.92 Å². The molecule has 0 aliphatic carbocycles. The molecule has 1 aromatic heterocycles. The van der Waals surface area contributed by atoms with Gasteiger partial charge in [0.25, 0.3) is 5.89 Å². The number of rotatable bonds is 8. The second kappa shape index (κ2) is 8.55. The van der Waals surface area contributed by atoms with Crippen molar-refractivity contribution in [3.05, 3.63) is 59.0 Å². The normalized spacial score (nSPS) is 10.7. The number of phenols is 1. The Labute approximate surface area is 166 Å². The first-order valence-corrected chi connectivity index (χ1v) is 9.05. The molecule has 0 fully saturated rings. The fourth-order valence-electron chi connectivity index (χ4n) is 2.79. The van der Waals surface area contributed by atoms with E-state index in [-0.39, 0.29) is 41.0 Å². The van der Waals surface area contributed by atoms with Crippen LogP contribution < -0.4 is 4.74 Å². The minimum absolute atomic E-state index is 0.0475. The molecule has 0 saturated heterocycles. The summed E-state index contributed by atoms with van der Waals surface area (Å²) in [6, 6.07) is 9.35. The number of ether oxygens (including phenoxy) is 1. The Balaban J connectivity index is 1.73. The number of aromatic hydroxyl groups is 1. The van der Waals surface area contributed by atoms with Gasteiger partial charge in [-0.05, 0) is 37.6 Å². The Kier molecular flexibility index (Phi) is 5.92. The number of aromatic nitrogens is 2. The molecule has 2 N–H and O–H groups in total. The molecule has 8 nitrogen and oxygen atoms in total. The van der Waals surface area contributed by atoms with Crippen LogP contribution in [0.15, 0.2) is 40.9 Å². The van der Waals surface area contributed by atoms with Gasteiger partial charge in [-0.3, -0.25) is 4.79 Å². The van der Waals surface area contributed by atoms with Gasteiger partial charge in [-0.1, -0.05) is 24.2 Å². The van der Waals surface area contributed by atoms with Crippen LogP contribution in [0.5, 0.6) is 11.5 Å². The second-order valence-corrected chi connectivity index (χ2v) is 6.44. The number of nitrogens with zero attached hydrogens (tertiary/aromatic N) is 2. The van der Waals surface area contributed by atoms with Crippen LogP contribution in [0.1, 0.15) is 51.9 Å². The van der Waals surface area contributed by atoms with Crippen LogP contribution in [-0.4, -0.2) is 32.1 Å². The number of benzene rings is 2. The van der Waals surface area contributed by atoms with E-state index in [0.29, 0.717) is 29.7 Å². The lowest BCUT2D eigenvalue weighted by atomic mass is 10.0. The molecule has 0 amide bonds. The largest absolute Gasteiger partial charge is 0.507 e. The van der Waals surface area contributed by atoms with Crippen LogP contribution >= 0.6 is 0 Å². The van der Waals surface area contributed by atoms with Crippen LogP contribution in [0.3, 0.4) is 0 Å². The predicted molar refractivity (Wildman–Crippen MR) is 103 cm³/mol. The molecule has 0 aliphatic heterocycles. The molecule has 0 aliphatic rings. The van der Waals surface area contributed by atoms with E-state index in [4.69, 9.17) is 14.4 Å². The summed E-state index contributed by atoms with van der Waals surface area (Å²) in [5, 5.41) is 23.2. The summed E-state index contributed by atoms with van der Waals surface area (Å²) in [5.41, 5.74) is 1.34. The second-order valence-electron chi connectivity index (χ2n) is 6.44. The standard InChI is InChI=1S/C21H20N2O6/c1-3-5-16(24)15-8-9-17(12(2)19(15)25)28-11-18-22-20(23-29-18)13-6-4-7-14(10-13)21(26)27/h4,6-10,25H,3,5,11H2,1-2H3,(H,26,27). The Morgan fingerprint density at radius 3 is 2.72 bits per heavy atom. The minimum atomic E-state index is -1.05. The van der Waals surface area contributed by atoms with Crippen molar-refractivity contribution in [1.82, 2.24) is 10.1 Å². The molecule has 29 heavy (non-hydrogen) atoms. The number of Topliss-reactive ketones (excluding diaryl/α,β-unsaturated/α-hetero) is 1. The molecular formula is C21H20N2O6. The van der Waals surface area contributed by atoms with Gasteiger partial charge in [0.05, 0.1) is 11.1 Å². The average molecular weight is 396 g/mol. The summed E-state index contributed by atoms with van der Waals surface area (Å²) in [4.78, 5) is 27.3. The summed E-state index contributed by atoms with van der Waals surface area (Å²) in [6.45, 7) is 3.51. The number of hydrogen-bond donors (Lipinski definition) is 2. The average Bonchev–Trinajstić information content (AvgIpc) is 3.18. The maximum atomic E-state index is 12.0. The Hall–Kier alpha value is -3.68. The van der Waals surface area contributed by atoms with Crippen LogP contribution in [0.2, 0.25) is 0 Å². The van der Waals surface area contributed by atoms with Crippen molar-refractivity contribution in [3.8, 4) is 22.9 Å². The van der Waals surface area contributed by atoms with Crippen molar-refractivity contribution in [2.45, 2.75) is 33.3 Å². The number of carboxylic acids is 1. The molecule has 0 atom stereocenters. The molecular weight excluding hydrogens is 376 g/mol. The van der Waals surface area contributed by atoms with E-state index in [0.717, 1.165) is 0 Å². The third-order valence-electron chi connectivity index (χ3n) is 4.35. The number of phenolic OH excluding ortho intramolecular Hbond substituents is 1. The lowest BCUT2D eigenvalue weighted by Crippen LogP contribution is -2.02. The zero-order chi connectivity index (χ0) is 21.0. The molecule has 150 valence electrons. The van der Waals surface area contributed by atoms with E-state index in [9.17, 15) is 14.7 Å². The maximum absolute atomic E-state index is 12.0. The summed E-state index contributed by atoms with van der Waals surface area (Å²) < 4.78 is 10.8. The van der Waals surface area contributed by atoms with Crippen molar-refractivity contribution in [2.24, 2.45) is 0 Å². The number of hydrogen-bond acceptors (Lipinski definition) is 7. The fourth-order valence-corrected chi connectivity index (χ4v) is 2.79. The van der Waals surface area contributed by atoms with Gasteiger partial charge in [-0.15, -0.1) is 0 Å². The SMILES string of the molecule is CCCC(=O)c1ccc(OCc2nc(-c3cccc(C(=O)O)c3)no2)c(C)c1O. The smallest absolute Gasteiger partial charge is 0.335 e. The highest BCUT2D eigenvalue weighted by atomic mass is 16.5. The van der Waals surface area contributed by atoms with Crippen molar-refractivity contribution < 1.29 is 29.1 Å². The highest BCUT2D eigenvalue weighted by molar-refractivity contribution is 5.99. The zero-order valence-electron chi connectivity index (χ0n) is 16.0. The van der Waals surface area contributed by atoms with Gasteiger partial charge in [0, 0.05) is 17.5 Å². The van der Waals surface area contributed by atoms with Gasteiger partial charge >= 0.3 is 5.97 Å². The molecule has 0 unspecified atom stereocenters. The number of carbonyl (C=O) groups is 2. The first-order valence-electron chi connectivity index (χ1n) is 9.05. The number of ketones is 1. The van der Waals surface area contributed by atoms with E-state index in [1.54, 1.807) is 25.1 Å². The molecule has 3 aromatic rings. The molecule has 0 spiro atoms. The highest BCUT2D eigenvalue weighted by Crippen LogP contribution is 2.32. The van der Waals surface area contributed by atoms with Crippen molar-refractivity contribution in [1.29, 1.82) is 0 Å². The Morgan fingerprint density at radius 1 is 1.21 bits per heavy atom. The zero-order valence-corrected chi connectivity index (χ0v) is 16.0. The topological polar surface area (TPSA) is 123 Å². The molecule has 1 heterocycles. The highest BCUT2D eigenvalue weighted by Gasteiger charge is 2.17. The summed E-state index contributed by atoms with van der Waals surface area (Å²) in [6.07, 6.45) is 1.06. The first kappa shape index (κ1) is 20.1. The third-order valence-corrected chi connectivity index (χ3v) is 4.35. The van der Waals surface area contributed by atoms with Gasteiger partial charge in [0.15, 0.2) is 12.4 Å². The Morgan fingerprint density at radius 2 is 2.00 bits per heavy atom. The first-order chi connectivity index (χ1) is 13.9. The fraction of sp³-hybridized carbons (Fsp3) is 0.238. The van der Waals surface area contributed by atoms with Crippen molar-refractivity contribution in [2.75, 3.05) is 0 Å². The van der Waals surface area contributed by atoms with Crippen molar-refractivity contribution in [3.63, 3.8) is 0 Å². The van der Waals surface area contributed by atoms with E-state index in [1.165, 1.54) is 18.2 Å². The van der Waals surface area contributed by atoms with Crippen LogP contribution in [-0.2, 0) is 6.61 Å². The molecule has 0 bridgehead atoms. The lowest BCUT2D eigenvalue weighted by Gasteiger charge is -2.11. The molecule has 0 saturated carbocycles. The van der Waals surface area contributed by atoms with E-state index < -0.39 is 5.97 Å². The third kappa shape index (κ3) is 4.43. The summed E-state index contributed by atoms with van der Waals surface area (Å²) >= 11 is 0. The van der Waals surface area contributed by atoms with Gasteiger partial charge in [0.1, 0.15) is 11.5 Å². The van der Waals surface area contributed by atoms with Crippen LogP contribution in [0, 0.1) is 6.92 Å². The molecule has 3 rings (SSSR count).